The maximum Gasteiger partial charge on any atom is 0.272 e. The Morgan fingerprint density at radius 3 is 2.70 bits per heavy atom. The molecule has 0 aliphatic carbocycles. The Morgan fingerprint density at radius 2 is 2.05 bits per heavy atom. The number of hydrogen-bond donors (Lipinski definition) is 2. The first kappa shape index (κ1) is 14.3. The molecule has 0 aliphatic rings. The van der Waals surface area contributed by atoms with Gasteiger partial charge in [-0.2, -0.15) is 4.37 Å². The van der Waals surface area contributed by atoms with Crippen molar-refractivity contribution in [3.05, 3.63) is 36.9 Å². The van der Waals surface area contributed by atoms with Crippen molar-refractivity contribution in [2.75, 3.05) is 17.1 Å². The molecule has 0 bridgehead atoms. The van der Waals surface area contributed by atoms with Crippen molar-refractivity contribution < 1.29 is 13.2 Å². The van der Waals surface area contributed by atoms with Crippen LogP contribution in [0, 0.1) is 0 Å². The number of benzene rings is 1. The molecule has 0 amide bonds. The second-order valence-corrected chi connectivity index (χ2v) is 5.90. The molecule has 3 N–H and O–H groups in total. The molecule has 0 spiro atoms. The van der Waals surface area contributed by atoms with Crippen molar-refractivity contribution in [3.8, 4) is 5.88 Å². The summed E-state index contributed by atoms with van der Waals surface area (Å²) >= 11 is 0.849. The van der Waals surface area contributed by atoms with E-state index < -0.39 is 10.0 Å². The van der Waals surface area contributed by atoms with E-state index in [1.807, 2.05) is 0 Å². The van der Waals surface area contributed by atoms with Crippen LogP contribution < -0.4 is 15.2 Å². The average Bonchev–Trinajstić information content (AvgIpc) is 2.83. The number of rotatable bonds is 6. The van der Waals surface area contributed by atoms with Gasteiger partial charge in [0.25, 0.3) is 15.9 Å². The third-order valence-corrected chi connectivity index (χ3v) is 4.08. The van der Waals surface area contributed by atoms with E-state index in [2.05, 4.69) is 20.0 Å². The minimum Gasteiger partial charge on any atom is -0.470 e. The summed E-state index contributed by atoms with van der Waals surface area (Å²) in [6.07, 6.45) is 1.53. The highest BCUT2D eigenvalue weighted by atomic mass is 32.2. The van der Waals surface area contributed by atoms with Gasteiger partial charge in [0.1, 0.15) is 6.61 Å². The quantitative estimate of drug-likeness (QED) is 0.618. The van der Waals surface area contributed by atoms with E-state index in [0.29, 0.717) is 5.69 Å². The summed E-state index contributed by atoms with van der Waals surface area (Å²) in [7, 11) is -3.75. The van der Waals surface area contributed by atoms with E-state index in [9.17, 15) is 8.42 Å². The van der Waals surface area contributed by atoms with Crippen molar-refractivity contribution in [1.82, 2.24) is 8.75 Å². The number of nitrogens with zero attached hydrogens (tertiary/aromatic N) is 2. The first-order valence-corrected chi connectivity index (χ1v) is 7.69. The minimum absolute atomic E-state index is 0.0497. The summed E-state index contributed by atoms with van der Waals surface area (Å²) in [6, 6.07) is 5.81. The Bertz CT molecular complexity index is 695. The Balaban J connectivity index is 2.22. The van der Waals surface area contributed by atoms with Crippen LogP contribution in [0.25, 0.3) is 0 Å². The zero-order valence-electron chi connectivity index (χ0n) is 10.3. The lowest BCUT2D eigenvalue weighted by atomic mass is 10.3. The summed E-state index contributed by atoms with van der Waals surface area (Å²) in [4.78, 5) is 0.0781. The molecule has 20 heavy (non-hydrogen) atoms. The number of sulfonamides is 1. The predicted octanol–water partition coefficient (Wildman–Crippen LogP) is 1.49. The highest BCUT2D eigenvalue weighted by Gasteiger charge is 2.19. The lowest BCUT2D eigenvalue weighted by Crippen LogP contribution is -2.14. The number of ether oxygens (including phenoxy) is 1. The van der Waals surface area contributed by atoms with Crippen LogP contribution in [0.1, 0.15) is 0 Å². The van der Waals surface area contributed by atoms with Gasteiger partial charge in [-0.05, 0) is 24.3 Å². The third-order valence-electron chi connectivity index (χ3n) is 2.22. The number of aromatic nitrogens is 2. The molecule has 9 heteroatoms. The van der Waals surface area contributed by atoms with E-state index in [1.54, 1.807) is 0 Å². The zero-order valence-corrected chi connectivity index (χ0v) is 11.9. The van der Waals surface area contributed by atoms with Gasteiger partial charge in [-0.25, -0.2) is 8.42 Å². The molecule has 2 rings (SSSR count). The monoisotopic (exact) mass is 312 g/mol. The normalized spacial score (nSPS) is 11.0. The Hall–Kier alpha value is -2.13. The standard InChI is InChI=1S/C11H12N4O3S2/c1-2-7-18-11-10(13-19-14-11)15-20(16,17)9-5-3-8(12)4-6-9/h2-6H,1,7,12H2,(H,13,15). The third kappa shape index (κ3) is 3.25. The van der Waals surface area contributed by atoms with Crippen LogP contribution in [-0.2, 0) is 10.0 Å². The molecule has 1 aromatic heterocycles. The fourth-order valence-corrected chi connectivity index (χ4v) is 2.83. The second-order valence-electron chi connectivity index (χ2n) is 3.69. The van der Waals surface area contributed by atoms with Crippen LogP contribution in [-0.4, -0.2) is 23.8 Å². The number of anilines is 2. The number of nitrogens with two attached hydrogens (primary N) is 1. The molecule has 0 fully saturated rings. The van der Waals surface area contributed by atoms with Gasteiger partial charge in [-0.15, -0.1) is 4.37 Å². The van der Waals surface area contributed by atoms with Gasteiger partial charge >= 0.3 is 0 Å². The van der Waals surface area contributed by atoms with Crippen molar-refractivity contribution in [2.45, 2.75) is 4.90 Å². The maximum absolute atomic E-state index is 12.1. The predicted molar refractivity (Wildman–Crippen MR) is 77.3 cm³/mol. The summed E-state index contributed by atoms with van der Waals surface area (Å²) in [5.74, 6) is 0.169. The summed E-state index contributed by atoms with van der Waals surface area (Å²) < 4.78 is 39.5. The molecular weight excluding hydrogens is 300 g/mol. The van der Waals surface area contributed by atoms with Gasteiger partial charge in [0, 0.05) is 5.69 Å². The van der Waals surface area contributed by atoms with Crippen LogP contribution in [0.2, 0.25) is 0 Å². The minimum atomic E-state index is -3.75. The van der Waals surface area contributed by atoms with Crippen molar-refractivity contribution >= 4 is 33.3 Å². The largest absolute Gasteiger partial charge is 0.470 e. The Labute approximate surface area is 120 Å². The molecule has 0 saturated carbocycles. The molecule has 1 aromatic carbocycles. The summed E-state index contributed by atoms with van der Waals surface area (Å²) in [5.41, 5.74) is 6.00. The van der Waals surface area contributed by atoms with Crippen molar-refractivity contribution in [3.63, 3.8) is 0 Å². The van der Waals surface area contributed by atoms with Crippen LogP contribution in [0.5, 0.6) is 5.88 Å². The van der Waals surface area contributed by atoms with E-state index in [4.69, 9.17) is 10.5 Å². The lowest BCUT2D eigenvalue weighted by molar-refractivity contribution is 0.354. The summed E-state index contributed by atoms with van der Waals surface area (Å²) in [6.45, 7) is 3.71. The van der Waals surface area contributed by atoms with E-state index >= 15 is 0 Å². The van der Waals surface area contributed by atoms with Crippen molar-refractivity contribution in [1.29, 1.82) is 0 Å². The van der Waals surface area contributed by atoms with Gasteiger partial charge in [0.05, 0.1) is 16.6 Å². The van der Waals surface area contributed by atoms with E-state index in [0.717, 1.165) is 11.7 Å². The Morgan fingerprint density at radius 1 is 1.35 bits per heavy atom. The molecule has 0 atom stereocenters. The second kappa shape index (κ2) is 5.88. The van der Waals surface area contributed by atoms with Crippen LogP contribution >= 0.6 is 11.7 Å². The molecule has 0 radical (unpaired) electrons. The number of nitrogens with one attached hydrogen (secondary N) is 1. The van der Waals surface area contributed by atoms with Gasteiger partial charge in [0.15, 0.2) is 0 Å². The first-order chi connectivity index (χ1) is 9.53. The summed E-state index contributed by atoms with van der Waals surface area (Å²) in [5, 5.41) is 0. The zero-order chi connectivity index (χ0) is 14.6. The van der Waals surface area contributed by atoms with Crippen LogP contribution in [0.4, 0.5) is 11.5 Å². The molecule has 0 saturated heterocycles. The number of hydrogen-bond acceptors (Lipinski definition) is 7. The van der Waals surface area contributed by atoms with Crippen LogP contribution in [0.15, 0.2) is 41.8 Å². The highest BCUT2D eigenvalue weighted by Crippen LogP contribution is 2.24. The molecule has 0 unspecified atom stereocenters. The van der Waals surface area contributed by atoms with E-state index in [-0.39, 0.29) is 23.2 Å². The van der Waals surface area contributed by atoms with Gasteiger partial charge in [-0.1, -0.05) is 12.7 Å². The molecule has 0 aliphatic heterocycles. The maximum atomic E-state index is 12.1. The Kier molecular flexibility index (Phi) is 4.20. The van der Waals surface area contributed by atoms with E-state index in [1.165, 1.54) is 30.3 Å². The highest BCUT2D eigenvalue weighted by molar-refractivity contribution is 7.92. The first-order valence-electron chi connectivity index (χ1n) is 5.47. The van der Waals surface area contributed by atoms with Gasteiger partial charge < -0.3 is 10.5 Å². The van der Waals surface area contributed by atoms with Gasteiger partial charge in [-0.3, -0.25) is 4.72 Å². The SMILES string of the molecule is C=CCOc1nsnc1NS(=O)(=O)c1ccc(N)cc1. The average molecular weight is 312 g/mol. The van der Waals surface area contributed by atoms with Gasteiger partial charge in [0.2, 0.25) is 5.82 Å². The van der Waals surface area contributed by atoms with Crippen molar-refractivity contribution in [2.24, 2.45) is 0 Å². The number of nitrogen functional groups attached to an aromatic ring is 1. The molecular formula is C11H12N4O3S2. The smallest absolute Gasteiger partial charge is 0.272 e. The fourth-order valence-electron chi connectivity index (χ4n) is 1.31. The fraction of sp³-hybridized carbons (Fsp3) is 0.0909. The molecule has 106 valence electrons. The topological polar surface area (TPSA) is 107 Å². The molecule has 1 heterocycles. The molecule has 2 aromatic rings. The van der Waals surface area contributed by atoms with Crippen LogP contribution in [0.3, 0.4) is 0 Å². The lowest BCUT2D eigenvalue weighted by Gasteiger charge is -2.07. The molecule has 7 nitrogen and oxygen atoms in total.